The van der Waals surface area contributed by atoms with Crippen molar-refractivity contribution in [2.75, 3.05) is 26.2 Å². The van der Waals surface area contributed by atoms with Crippen LogP contribution in [0.15, 0.2) is 0 Å². The lowest BCUT2D eigenvalue weighted by Crippen LogP contribution is -2.51. The third kappa shape index (κ3) is 3.76. The highest BCUT2D eigenvalue weighted by molar-refractivity contribution is 4.89. The van der Waals surface area contributed by atoms with Gasteiger partial charge in [0, 0.05) is 25.7 Å². The molecule has 1 saturated heterocycles. The molecule has 20 heavy (non-hydrogen) atoms. The molecule has 0 amide bonds. The van der Waals surface area contributed by atoms with E-state index in [0.29, 0.717) is 0 Å². The zero-order valence-electron chi connectivity index (χ0n) is 13.0. The first-order valence-electron chi connectivity index (χ1n) is 9.31. The third-order valence-electron chi connectivity index (χ3n) is 6.11. The molecule has 4 rings (SSSR count). The first kappa shape index (κ1) is 13.6. The van der Waals surface area contributed by atoms with E-state index in [1.807, 2.05) is 0 Å². The van der Waals surface area contributed by atoms with Crippen molar-refractivity contribution in [1.82, 2.24) is 10.2 Å². The third-order valence-corrected chi connectivity index (χ3v) is 6.11. The minimum Gasteiger partial charge on any atom is -0.312 e. The fraction of sp³-hybridized carbons (Fsp3) is 1.00. The monoisotopic (exact) mass is 276 g/mol. The van der Waals surface area contributed by atoms with Gasteiger partial charge < -0.3 is 10.2 Å². The highest BCUT2D eigenvalue weighted by atomic mass is 15.2. The van der Waals surface area contributed by atoms with Crippen molar-refractivity contribution < 1.29 is 0 Å². The number of piperidine rings is 1. The van der Waals surface area contributed by atoms with Crippen LogP contribution in [0, 0.1) is 23.7 Å². The van der Waals surface area contributed by atoms with Crippen LogP contribution in [-0.2, 0) is 0 Å². The van der Waals surface area contributed by atoms with E-state index < -0.39 is 0 Å². The van der Waals surface area contributed by atoms with Crippen LogP contribution in [0.2, 0.25) is 0 Å². The summed E-state index contributed by atoms with van der Waals surface area (Å²) in [5.74, 6) is 4.17. The largest absolute Gasteiger partial charge is 0.312 e. The Labute approximate surface area is 124 Å². The summed E-state index contributed by atoms with van der Waals surface area (Å²) in [6.45, 7) is 5.46. The summed E-state index contributed by atoms with van der Waals surface area (Å²) in [7, 11) is 0. The fourth-order valence-electron chi connectivity index (χ4n) is 4.29. The Morgan fingerprint density at radius 1 is 0.800 bits per heavy atom. The summed E-state index contributed by atoms with van der Waals surface area (Å²) in [5, 5.41) is 3.90. The smallest absolute Gasteiger partial charge is 0.0198 e. The van der Waals surface area contributed by atoms with Gasteiger partial charge in [0.1, 0.15) is 0 Å². The highest BCUT2D eigenvalue weighted by Crippen LogP contribution is 2.38. The molecule has 0 radical (unpaired) electrons. The summed E-state index contributed by atoms with van der Waals surface area (Å²) in [5.41, 5.74) is 0. The van der Waals surface area contributed by atoms with Gasteiger partial charge >= 0.3 is 0 Å². The van der Waals surface area contributed by atoms with E-state index in [2.05, 4.69) is 10.2 Å². The van der Waals surface area contributed by atoms with Crippen LogP contribution in [-0.4, -0.2) is 37.1 Å². The maximum atomic E-state index is 3.90. The van der Waals surface area contributed by atoms with Gasteiger partial charge in [-0.1, -0.05) is 19.3 Å². The van der Waals surface area contributed by atoms with Gasteiger partial charge in [0.15, 0.2) is 0 Å². The molecule has 4 fully saturated rings. The second kappa shape index (κ2) is 5.96. The van der Waals surface area contributed by atoms with E-state index in [9.17, 15) is 0 Å². The van der Waals surface area contributed by atoms with Crippen LogP contribution in [0.1, 0.15) is 57.8 Å². The van der Waals surface area contributed by atoms with Gasteiger partial charge in [0.2, 0.25) is 0 Å². The van der Waals surface area contributed by atoms with Crippen LogP contribution in [0.25, 0.3) is 0 Å². The summed E-state index contributed by atoms with van der Waals surface area (Å²) >= 11 is 0. The zero-order chi connectivity index (χ0) is 13.4. The van der Waals surface area contributed by atoms with Crippen molar-refractivity contribution >= 4 is 0 Å². The predicted molar refractivity (Wildman–Crippen MR) is 83.7 cm³/mol. The fourth-order valence-corrected chi connectivity index (χ4v) is 4.29. The van der Waals surface area contributed by atoms with Gasteiger partial charge in [-0.15, -0.1) is 0 Å². The first-order chi connectivity index (χ1) is 9.85. The Balaban J connectivity index is 1.29. The number of nitrogens with one attached hydrogen (secondary N) is 1. The van der Waals surface area contributed by atoms with Crippen LogP contribution in [0.5, 0.6) is 0 Å². The molecule has 2 nitrogen and oxygen atoms in total. The van der Waals surface area contributed by atoms with Crippen LogP contribution in [0.4, 0.5) is 0 Å². The van der Waals surface area contributed by atoms with E-state index in [1.54, 1.807) is 0 Å². The molecule has 114 valence electrons. The molecule has 2 heteroatoms. The second-order valence-corrected chi connectivity index (χ2v) is 8.34. The van der Waals surface area contributed by atoms with Gasteiger partial charge in [-0.25, -0.2) is 0 Å². The van der Waals surface area contributed by atoms with E-state index >= 15 is 0 Å². The Morgan fingerprint density at radius 2 is 1.60 bits per heavy atom. The predicted octanol–water partition coefficient (Wildman–Crippen LogP) is 3.28. The van der Waals surface area contributed by atoms with Gasteiger partial charge in [0.05, 0.1) is 0 Å². The van der Waals surface area contributed by atoms with Crippen molar-refractivity contribution in [1.29, 1.82) is 0 Å². The summed E-state index contributed by atoms with van der Waals surface area (Å²) < 4.78 is 0. The van der Waals surface area contributed by atoms with Gasteiger partial charge in [-0.3, -0.25) is 0 Å². The normalized spacial score (nSPS) is 36.0. The zero-order valence-corrected chi connectivity index (χ0v) is 13.0. The molecule has 0 aromatic rings. The molecule has 3 saturated carbocycles. The Kier molecular flexibility index (Phi) is 4.05. The average Bonchev–Trinajstić information content (AvgIpc) is 3.25. The molecule has 4 aliphatic rings. The Morgan fingerprint density at radius 3 is 2.25 bits per heavy atom. The lowest BCUT2D eigenvalue weighted by Gasteiger charge is -2.41. The molecular weight excluding hydrogens is 244 g/mol. The van der Waals surface area contributed by atoms with Crippen molar-refractivity contribution in [3.63, 3.8) is 0 Å². The quantitative estimate of drug-likeness (QED) is 0.768. The summed E-state index contributed by atoms with van der Waals surface area (Å²) in [6.07, 6.45) is 13.5. The molecular formula is C18H32N2. The van der Waals surface area contributed by atoms with Crippen LogP contribution < -0.4 is 5.32 Å². The number of hydrogen-bond acceptors (Lipinski definition) is 2. The topological polar surface area (TPSA) is 15.3 Å². The van der Waals surface area contributed by atoms with E-state index in [-0.39, 0.29) is 0 Å². The maximum absolute atomic E-state index is 3.90. The lowest BCUT2D eigenvalue weighted by molar-refractivity contribution is 0.0962. The highest BCUT2D eigenvalue weighted by Gasteiger charge is 2.34. The standard InChI is InChI=1S/C18H32N2/c1-2-16(3-1)11-20-12-17(8-14-4-5-14)9-18(13-20)19-10-15-6-7-15/h14-19H,1-13H2. The molecule has 0 aromatic carbocycles. The number of rotatable bonds is 7. The van der Waals surface area contributed by atoms with Crippen molar-refractivity contribution in [3.8, 4) is 0 Å². The minimum atomic E-state index is 0.799. The molecule has 3 aliphatic carbocycles. The number of hydrogen-bond donors (Lipinski definition) is 1. The molecule has 0 spiro atoms. The molecule has 1 aliphatic heterocycles. The van der Waals surface area contributed by atoms with Gasteiger partial charge in [-0.2, -0.15) is 0 Å². The summed E-state index contributed by atoms with van der Waals surface area (Å²) in [6, 6.07) is 0.799. The van der Waals surface area contributed by atoms with Crippen LogP contribution in [0.3, 0.4) is 0 Å². The Hall–Kier alpha value is -0.0800. The first-order valence-corrected chi connectivity index (χ1v) is 9.31. The van der Waals surface area contributed by atoms with E-state index in [0.717, 1.165) is 29.7 Å². The van der Waals surface area contributed by atoms with Gasteiger partial charge in [0.25, 0.3) is 0 Å². The van der Waals surface area contributed by atoms with Crippen LogP contribution >= 0.6 is 0 Å². The van der Waals surface area contributed by atoms with E-state index in [4.69, 9.17) is 0 Å². The minimum absolute atomic E-state index is 0.799. The molecule has 0 bridgehead atoms. The second-order valence-electron chi connectivity index (χ2n) is 8.34. The Bertz CT molecular complexity index is 317. The van der Waals surface area contributed by atoms with E-state index in [1.165, 1.54) is 84.0 Å². The lowest BCUT2D eigenvalue weighted by atomic mass is 9.83. The summed E-state index contributed by atoms with van der Waals surface area (Å²) in [4.78, 5) is 2.82. The average molecular weight is 276 g/mol. The number of likely N-dealkylation sites (tertiary alicyclic amines) is 1. The molecule has 1 heterocycles. The molecule has 0 aromatic heterocycles. The number of nitrogens with zero attached hydrogens (tertiary/aromatic N) is 1. The molecule has 2 atom stereocenters. The molecule has 2 unspecified atom stereocenters. The van der Waals surface area contributed by atoms with Crippen molar-refractivity contribution in [3.05, 3.63) is 0 Å². The maximum Gasteiger partial charge on any atom is 0.0198 e. The van der Waals surface area contributed by atoms with Crippen molar-refractivity contribution in [2.45, 2.75) is 63.8 Å². The SMILES string of the molecule is C1CC(CN2CC(CC3CC3)CC(NCC3CC3)C2)C1. The van der Waals surface area contributed by atoms with Crippen molar-refractivity contribution in [2.24, 2.45) is 23.7 Å². The molecule has 1 N–H and O–H groups in total. The van der Waals surface area contributed by atoms with Gasteiger partial charge in [-0.05, 0) is 68.7 Å².